The van der Waals surface area contributed by atoms with Crippen LogP contribution < -0.4 is 5.76 Å². The van der Waals surface area contributed by atoms with Crippen LogP contribution in [0.4, 0.5) is 0 Å². The summed E-state index contributed by atoms with van der Waals surface area (Å²) < 4.78 is 6.81. The molecule has 1 aromatic heterocycles. The minimum absolute atomic E-state index is 0.0811. The Bertz CT molecular complexity index is 886. The molecule has 0 N–H and O–H groups in total. The molecule has 0 spiro atoms. The third-order valence-corrected chi connectivity index (χ3v) is 5.14. The molecule has 0 aliphatic carbocycles. The summed E-state index contributed by atoms with van der Waals surface area (Å²) in [5.41, 5.74) is 1.33. The molecule has 1 saturated heterocycles. The van der Waals surface area contributed by atoms with Gasteiger partial charge in [-0.15, -0.1) is 0 Å². The van der Waals surface area contributed by atoms with Gasteiger partial charge >= 0.3 is 5.76 Å². The maximum Gasteiger partial charge on any atom is 0.419 e. The monoisotopic (exact) mass is 388 g/mol. The Morgan fingerprint density at radius 3 is 2.68 bits per heavy atom. The van der Waals surface area contributed by atoms with Gasteiger partial charge in [0, 0.05) is 53.2 Å². The van der Waals surface area contributed by atoms with Crippen molar-refractivity contribution in [3.05, 3.63) is 34.8 Å². The number of hydrogen-bond acceptors (Lipinski definition) is 5. The van der Waals surface area contributed by atoms with Gasteiger partial charge in [0.2, 0.25) is 11.8 Å². The summed E-state index contributed by atoms with van der Waals surface area (Å²) in [7, 11) is 3.51. The Morgan fingerprint density at radius 1 is 1.11 bits per heavy atom. The topological polar surface area (TPSA) is 79.0 Å². The van der Waals surface area contributed by atoms with Gasteiger partial charge in [0.15, 0.2) is 5.58 Å². The number of aromatic nitrogens is 1. The quantitative estimate of drug-likeness (QED) is 0.738. The Kier molecular flexibility index (Phi) is 6.51. The van der Waals surface area contributed by atoms with E-state index in [1.54, 1.807) is 29.6 Å². The molecule has 0 unspecified atom stereocenters. The molecule has 152 valence electrons. The van der Waals surface area contributed by atoms with Crippen molar-refractivity contribution in [2.75, 3.05) is 46.8 Å². The Hall–Kier alpha value is -2.61. The van der Waals surface area contributed by atoms with E-state index in [1.165, 1.54) is 0 Å². The molecular weight excluding hydrogens is 360 g/mol. The van der Waals surface area contributed by atoms with Crippen LogP contribution in [-0.4, -0.2) is 77.9 Å². The van der Waals surface area contributed by atoms with E-state index < -0.39 is 0 Å². The van der Waals surface area contributed by atoms with Gasteiger partial charge in [-0.05, 0) is 25.0 Å². The van der Waals surface area contributed by atoms with Gasteiger partial charge in [-0.25, -0.2) is 4.79 Å². The van der Waals surface area contributed by atoms with E-state index in [0.29, 0.717) is 51.1 Å². The highest BCUT2D eigenvalue weighted by Gasteiger charge is 2.21. The van der Waals surface area contributed by atoms with Crippen LogP contribution in [0.25, 0.3) is 11.1 Å². The van der Waals surface area contributed by atoms with Gasteiger partial charge < -0.3 is 14.2 Å². The summed E-state index contributed by atoms with van der Waals surface area (Å²) in [4.78, 5) is 42.0. The first-order valence-electron chi connectivity index (χ1n) is 9.74. The zero-order valence-electron chi connectivity index (χ0n) is 16.6. The molecule has 0 bridgehead atoms. The van der Waals surface area contributed by atoms with E-state index in [1.807, 2.05) is 23.1 Å². The lowest BCUT2D eigenvalue weighted by Gasteiger charge is -2.22. The van der Waals surface area contributed by atoms with Gasteiger partial charge in [-0.2, -0.15) is 0 Å². The zero-order chi connectivity index (χ0) is 20.1. The molecule has 2 heterocycles. The van der Waals surface area contributed by atoms with Crippen molar-refractivity contribution < 1.29 is 14.0 Å². The number of amides is 2. The summed E-state index contributed by atoms with van der Waals surface area (Å²) in [5, 5.41) is 0. The largest absolute Gasteiger partial charge is 0.419 e. The highest BCUT2D eigenvalue weighted by Crippen LogP contribution is 2.13. The van der Waals surface area contributed by atoms with Gasteiger partial charge in [-0.1, -0.05) is 12.1 Å². The van der Waals surface area contributed by atoms with Crippen LogP contribution in [0, 0.1) is 0 Å². The summed E-state index contributed by atoms with van der Waals surface area (Å²) >= 11 is 0. The van der Waals surface area contributed by atoms with Crippen LogP contribution in [0.2, 0.25) is 0 Å². The molecule has 1 aromatic carbocycles. The fraction of sp³-hybridized carbons (Fsp3) is 0.550. The minimum Gasteiger partial charge on any atom is -0.408 e. The number of rotatable bonds is 6. The second kappa shape index (κ2) is 9.05. The lowest BCUT2D eigenvalue weighted by atomic mass is 10.2. The average molecular weight is 388 g/mol. The first-order chi connectivity index (χ1) is 13.5. The molecule has 2 amide bonds. The molecule has 1 fully saturated rings. The fourth-order valence-electron chi connectivity index (χ4n) is 3.48. The summed E-state index contributed by atoms with van der Waals surface area (Å²) in [6, 6.07) is 7.31. The number of nitrogens with zero attached hydrogens (tertiary/aromatic N) is 4. The number of oxazole rings is 1. The molecule has 3 rings (SSSR count). The molecule has 2 aromatic rings. The molecule has 8 nitrogen and oxygen atoms in total. The lowest BCUT2D eigenvalue weighted by Crippen LogP contribution is -2.39. The van der Waals surface area contributed by atoms with E-state index in [4.69, 9.17) is 4.42 Å². The van der Waals surface area contributed by atoms with Crippen molar-refractivity contribution >= 4 is 22.9 Å². The average Bonchev–Trinajstić information content (AvgIpc) is 2.83. The predicted octanol–water partition coefficient (Wildman–Crippen LogP) is 0.997. The number of fused-ring (bicyclic) bond motifs is 1. The third kappa shape index (κ3) is 4.81. The van der Waals surface area contributed by atoms with Crippen molar-refractivity contribution in [3.8, 4) is 0 Å². The smallest absolute Gasteiger partial charge is 0.408 e. The van der Waals surface area contributed by atoms with Gasteiger partial charge in [0.05, 0.1) is 12.1 Å². The highest BCUT2D eigenvalue weighted by molar-refractivity contribution is 5.78. The van der Waals surface area contributed by atoms with E-state index in [2.05, 4.69) is 4.90 Å². The molecule has 1 aliphatic heterocycles. The maximum atomic E-state index is 12.6. The number of hydrogen-bond donors (Lipinski definition) is 0. The molecule has 0 saturated carbocycles. The van der Waals surface area contributed by atoms with Crippen LogP contribution in [-0.2, 0) is 16.1 Å². The first-order valence-corrected chi connectivity index (χ1v) is 9.74. The van der Waals surface area contributed by atoms with Crippen molar-refractivity contribution in [1.82, 2.24) is 19.3 Å². The Morgan fingerprint density at radius 2 is 1.89 bits per heavy atom. The predicted molar refractivity (Wildman–Crippen MR) is 106 cm³/mol. The first kappa shape index (κ1) is 20.1. The fourth-order valence-corrected chi connectivity index (χ4v) is 3.48. The molecule has 0 atom stereocenters. The summed E-state index contributed by atoms with van der Waals surface area (Å²) in [5.74, 6) is -0.205. The van der Waals surface area contributed by atoms with Crippen molar-refractivity contribution in [3.63, 3.8) is 0 Å². The van der Waals surface area contributed by atoms with Crippen LogP contribution >= 0.6 is 0 Å². The van der Waals surface area contributed by atoms with Gasteiger partial charge in [0.1, 0.15) is 0 Å². The number of para-hydroxylation sites is 2. The minimum atomic E-state index is -0.385. The molecule has 0 radical (unpaired) electrons. The molecular formula is C20H28N4O4. The number of carbonyl (C=O) groups is 2. The summed E-state index contributed by atoms with van der Waals surface area (Å²) in [6.07, 6.45) is 1.84. The Labute approximate surface area is 164 Å². The number of carbonyl (C=O) groups excluding carboxylic acids is 2. The second-order valence-corrected chi connectivity index (χ2v) is 7.39. The van der Waals surface area contributed by atoms with Crippen molar-refractivity contribution in [1.29, 1.82) is 0 Å². The SMILES string of the molecule is CN(C)C(=O)CN1CCCN(C(=O)CCCn2c(=O)oc3ccccc32)CC1. The van der Waals surface area contributed by atoms with E-state index in [-0.39, 0.29) is 17.6 Å². The van der Waals surface area contributed by atoms with Crippen LogP contribution in [0.15, 0.2) is 33.5 Å². The lowest BCUT2D eigenvalue weighted by molar-refractivity contribution is -0.131. The van der Waals surface area contributed by atoms with Crippen LogP contribution in [0.5, 0.6) is 0 Å². The normalized spacial score (nSPS) is 15.6. The Balaban J connectivity index is 1.49. The van der Waals surface area contributed by atoms with E-state index in [0.717, 1.165) is 18.5 Å². The highest BCUT2D eigenvalue weighted by atomic mass is 16.4. The van der Waals surface area contributed by atoms with Crippen LogP contribution in [0.3, 0.4) is 0 Å². The zero-order valence-corrected chi connectivity index (χ0v) is 16.6. The molecule has 1 aliphatic rings. The number of benzene rings is 1. The van der Waals surface area contributed by atoms with Gasteiger partial charge in [0.25, 0.3) is 0 Å². The summed E-state index contributed by atoms with van der Waals surface area (Å²) in [6.45, 7) is 3.72. The number of likely N-dealkylation sites (N-methyl/N-ethyl adjacent to an activating group) is 1. The van der Waals surface area contributed by atoms with Crippen molar-refractivity contribution in [2.24, 2.45) is 0 Å². The van der Waals surface area contributed by atoms with Crippen LogP contribution in [0.1, 0.15) is 19.3 Å². The third-order valence-electron chi connectivity index (χ3n) is 5.14. The number of aryl methyl sites for hydroxylation is 1. The second-order valence-electron chi connectivity index (χ2n) is 7.39. The standard InChI is InChI=1S/C20H28N4O4/c1-21(2)19(26)15-22-10-6-11-23(14-13-22)18(25)9-5-12-24-16-7-3-4-8-17(16)28-20(24)27/h3-4,7-8H,5-6,9-15H2,1-2H3. The maximum absolute atomic E-state index is 12.6. The van der Waals surface area contributed by atoms with E-state index >= 15 is 0 Å². The molecule has 8 heteroatoms. The van der Waals surface area contributed by atoms with Crippen molar-refractivity contribution in [2.45, 2.75) is 25.8 Å². The molecule has 28 heavy (non-hydrogen) atoms. The van der Waals surface area contributed by atoms with E-state index in [9.17, 15) is 14.4 Å². The van der Waals surface area contributed by atoms with Gasteiger partial charge in [-0.3, -0.25) is 19.1 Å².